The van der Waals surface area contributed by atoms with Crippen molar-refractivity contribution in [2.24, 2.45) is 0 Å². The zero-order valence-corrected chi connectivity index (χ0v) is 5.07. The van der Waals surface area contributed by atoms with Crippen LogP contribution in [0.4, 0.5) is 0 Å². The van der Waals surface area contributed by atoms with Crippen LogP contribution in [-0.4, -0.2) is 0 Å². The summed E-state index contributed by atoms with van der Waals surface area (Å²) in [7, 11) is 0.827. The maximum absolute atomic E-state index is 4.10. The highest BCUT2D eigenvalue weighted by atomic mass is 32.1. The third-order valence-corrected chi connectivity index (χ3v) is 1.94. The van der Waals surface area contributed by atoms with Crippen LogP contribution in [0.3, 0.4) is 0 Å². The monoisotopic (exact) mass is 116 g/mol. The molecule has 1 aromatic rings. The Morgan fingerprint density at radius 3 is 2.67 bits per heavy atom. The second-order valence-corrected chi connectivity index (χ2v) is 3.12. The van der Waals surface area contributed by atoms with Gasteiger partial charge in [0.2, 0.25) is 0 Å². The van der Waals surface area contributed by atoms with Crippen LogP contribution < -0.4 is 0 Å². The summed E-state index contributed by atoms with van der Waals surface area (Å²) in [5.41, 5.74) is 0. The van der Waals surface area contributed by atoms with Gasteiger partial charge in [0.1, 0.15) is 0 Å². The van der Waals surface area contributed by atoms with Gasteiger partial charge < -0.3 is 0 Å². The highest BCUT2D eigenvalue weighted by Crippen LogP contribution is 2.17. The zero-order valence-electron chi connectivity index (χ0n) is 3.18. The average molecular weight is 116 g/mol. The molecular weight excluding hydrogens is 111 g/mol. The molecular formula is C4H5PS. The minimum Gasteiger partial charge on any atom is -0.139 e. The van der Waals surface area contributed by atoms with Crippen molar-refractivity contribution < 1.29 is 0 Å². The fourth-order valence-electron chi connectivity index (χ4n) is 0.321. The zero-order chi connectivity index (χ0) is 4.41. The standard InChI is InChI=1S/C4H5PS/c6-4-2-1-3-5-4/h1-3,5-6H. The molecule has 6 heavy (non-hydrogen) atoms. The van der Waals surface area contributed by atoms with Gasteiger partial charge in [-0.25, -0.2) is 0 Å². The average Bonchev–Trinajstić information content (AvgIpc) is 1.86. The van der Waals surface area contributed by atoms with Crippen molar-refractivity contribution in [3.8, 4) is 0 Å². The predicted molar refractivity (Wildman–Crippen MR) is 33.2 cm³/mol. The van der Waals surface area contributed by atoms with E-state index in [0.29, 0.717) is 0 Å². The van der Waals surface area contributed by atoms with Gasteiger partial charge in [0, 0.05) is 4.63 Å². The van der Waals surface area contributed by atoms with Crippen molar-refractivity contribution in [1.29, 1.82) is 0 Å². The Bertz CT molecular complexity index is 111. The van der Waals surface area contributed by atoms with Crippen molar-refractivity contribution >= 4 is 20.8 Å². The van der Waals surface area contributed by atoms with Gasteiger partial charge in [-0.05, 0) is 11.9 Å². The molecule has 0 aromatic carbocycles. The topological polar surface area (TPSA) is 0 Å². The number of hydrogen-bond donors (Lipinski definition) is 1. The van der Waals surface area contributed by atoms with E-state index in [1.807, 2.05) is 12.1 Å². The molecule has 1 unspecified atom stereocenters. The number of thiol groups is 1. The molecule has 1 rings (SSSR count). The van der Waals surface area contributed by atoms with Crippen molar-refractivity contribution in [2.75, 3.05) is 0 Å². The third-order valence-electron chi connectivity index (χ3n) is 0.582. The Morgan fingerprint density at radius 1 is 1.67 bits per heavy atom. The van der Waals surface area contributed by atoms with Gasteiger partial charge >= 0.3 is 0 Å². The molecule has 0 bridgehead atoms. The summed E-state index contributed by atoms with van der Waals surface area (Å²) in [6.07, 6.45) is 0. The maximum Gasteiger partial charge on any atom is 0.0204 e. The lowest BCUT2D eigenvalue weighted by Gasteiger charge is -1.66. The highest BCUT2D eigenvalue weighted by Gasteiger charge is 1.74. The summed E-state index contributed by atoms with van der Waals surface area (Å²) < 4.78 is 1.19. The van der Waals surface area contributed by atoms with Crippen LogP contribution in [-0.2, 0) is 0 Å². The van der Waals surface area contributed by atoms with Crippen LogP contribution in [0.5, 0.6) is 0 Å². The van der Waals surface area contributed by atoms with E-state index in [-0.39, 0.29) is 0 Å². The van der Waals surface area contributed by atoms with Crippen LogP contribution >= 0.6 is 20.8 Å². The third kappa shape index (κ3) is 0.796. The first kappa shape index (κ1) is 4.29. The Hall–Kier alpha value is 0.130. The van der Waals surface area contributed by atoms with Gasteiger partial charge in [0.05, 0.1) is 0 Å². The van der Waals surface area contributed by atoms with E-state index >= 15 is 0 Å². The molecule has 0 aliphatic heterocycles. The van der Waals surface area contributed by atoms with Gasteiger partial charge in [-0.3, -0.25) is 0 Å². The van der Waals surface area contributed by atoms with Crippen LogP contribution in [0, 0.1) is 0 Å². The van der Waals surface area contributed by atoms with Crippen molar-refractivity contribution in [1.82, 2.24) is 0 Å². The first-order valence-corrected chi connectivity index (χ1v) is 3.24. The molecule has 0 N–H and O–H groups in total. The Labute approximate surface area is 44.1 Å². The van der Waals surface area contributed by atoms with Crippen LogP contribution in [0.2, 0.25) is 0 Å². The first-order valence-electron chi connectivity index (χ1n) is 1.72. The predicted octanol–water partition coefficient (Wildman–Crippen LogP) is 2.01. The molecule has 0 aliphatic rings. The lowest BCUT2D eigenvalue weighted by Crippen LogP contribution is -1.30. The van der Waals surface area contributed by atoms with E-state index in [4.69, 9.17) is 0 Å². The lowest BCUT2D eigenvalue weighted by atomic mass is 10.7. The molecule has 0 saturated heterocycles. The Morgan fingerprint density at radius 2 is 2.50 bits per heavy atom. The maximum atomic E-state index is 4.10. The summed E-state index contributed by atoms with van der Waals surface area (Å²) in [4.78, 5) is 0. The van der Waals surface area contributed by atoms with E-state index in [9.17, 15) is 0 Å². The fraction of sp³-hybridized carbons (Fsp3) is 0. The molecule has 0 fully saturated rings. The quantitative estimate of drug-likeness (QED) is 0.492. The summed E-state index contributed by atoms with van der Waals surface area (Å²) in [6, 6.07) is 4.04. The van der Waals surface area contributed by atoms with Crippen molar-refractivity contribution in [3.05, 3.63) is 17.9 Å². The van der Waals surface area contributed by atoms with E-state index in [1.165, 1.54) is 4.63 Å². The molecule has 0 radical (unpaired) electrons. The summed E-state index contributed by atoms with van der Waals surface area (Å²) in [5, 5.41) is 0. The Balaban J connectivity index is 3.05. The van der Waals surface area contributed by atoms with Crippen molar-refractivity contribution in [3.63, 3.8) is 0 Å². The number of rotatable bonds is 0. The van der Waals surface area contributed by atoms with Crippen LogP contribution in [0.25, 0.3) is 0 Å². The second kappa shape index (κ2) is 1.72. The van der Waals surface area contributed by atoms with Crippen LogP contribution in [0.1, 0.15) is 0 Å². The van der Waals surface area contributed by atoms with E-state index in [1.54, 1.807) is 0 Å². The number of hydrogen-bond acceptors (Lipinski definition) is 1. The molecule has 1 aromatic heterocycles. The summed E-state index contributed by atoms with van der Waals surface area (Å²) >= 11 is 4.10. The lowest BCUT2D eigenvalue weighted by molar-refractivity contribution is 1.77. The van der Waals surface area contributed by atoms with E-state index < -0.39 is 0 Å². The molecule has 0 nitrogen and oxygen atoms in total. The fourth-order valence-corrected chi connectivity index (χ4v) is 1.19. The minimum absolute atomic E-state index is 0.827. The van der Waals surface area contributed by atoms with Gasteiger partial charge in [-0.1, -0.05) is 6.07 Å². The van der Waals surface area contributed by atoms with E-state index in [0.717, 1.165) is 8.19 Å². The smallest absolute Gasteiger partial charge is 0.0204 e. The van der Waals surface area contributed by atoms with Gasteiger partial charge in [0.15, 0.2) is 0 Å². The largest absolute Gasteiger partial charge is 0.139 e. The second-order valence-electron chi connectivity index (χ2n) is 1.06. The molecule has 0 amide bonds. The molecule has 1 heterocycles. The Kier molecular flexibility index (Phi) is 1.23. The summed E-state index contributed by atoms with van der Waals surface area (Å²) in [6.45, 7) is 0. The van der Waals surface area contributed by atoms with Gasteiger partial charge in [-0.15, -0.1) is 20.8 Å². The molecule has 32 valence electrons. The first-order chi connectivity index (χ1) is 2.89. The van der Waals surface area contributed by atoms with Gasteiger partial charge in [-0.2, -0.15) is 0 Å². The molecule has 0 spiro atoms. The highest BCUT2D eigenvalue weighted by molar-refractivity contribution is 7.83. The molecule has 1 atom stereocenters. The minimum atomic E-state index is 0.827. The normalized spacial score (nSPS) is 10.2. The van der Waals surface area contributed by atoms with Crippen LogP contribution in [0.15, 0.2) is 22.6 Å². The van der Waals surface area contributed by atoms with Crippen molar-refractivity contribution in [2.45, 2.75) is 4.63 Å². The molecule has 2 heteroatoms. The molecule has 0 saturated carbocycles. The van der Waals surface area contributed by atoms with Gasteiger partial charge in [0.25, 0.3) is 0 Å². The van der Waals surface area contributed by atoms with E-state index in [2.05, 4.69) is 18.4 Å². The SMILES string of the molecule is Sc1ccc[pH]1. The summed E-state index contributed by atoms with van der Waals surface area (Å²) in [5.74, 6) is 2.11. The molecule has 0 aliphatic carbocycles.